The molecule has 0 unspecified atom stereocenters. The van der Waals surface area contributed by atoms with Crippen molar-refractivity contribution in [2.45, 2.75) is 13.5 Å². The van der Waals surface area contributed by atoms with E-state index in [1.807, 2.05) is 0 Å². The van der Waals surface area contributed by atoms with E-state index in [-0.39, 0.29) is 30.6 Å². The number of fused-ring (bicyclic) bond motifs is 1. The van der Waals surface area contributed by atoms with Crippen molar-refractivity contribution in [1.82, 2.24) is 15.0 Å². The molecule has 1 amide bonds. The summed E-state index contributed by atoms with van der Waals surface area (Å²) in [5, 5.41) is 18.1. The van der Waals surface area contributed by atoms with Crippen molar-refractivity contribution >= 4 is 17.4 Å². The van der Waals surface area contributed by atoms with E-state index in [1.54, 1.807) is 42.6 Å². The maximum absolute atomic E-state index is 12.6. The number of hydrogen-bond donors (Lipinski definition) is 1. The van der Waals surface area contributed by atoms with E-state index in [9.17, 15) is 14.7 Å². The highest BCUT2D eigenvalue weighted by atomic mass is 16.5. The Kier molecular flexibility index (Phi) is 4.63. The Labute approximate surface area is 166 Å². The molecule has 2 aromatic carbocycles. The van der Waals surface area contributed by atoms with Crippen LogP contribution in [-0.4, -0.2) is 45.5 Å². The van der Waals surface area contributed by atoms with Gasteiger partial charge in [0, 0.05) is 0 Å². The number of para-hydroxylation sites is 2. The molecule has 0 aliphatic carbocycles. The zero-order valence-electron chi connectivity index (χ0n) is 15.8. The number of carbonyl (C=O) groups excluding carboxylic acids is 2. The lowest BCUT2D eigenvalue weighted by Gasteiger charge is -2.31. The molecular weight excluding hydrogens is 376 g/mol. The molecule has 1 aromatic heterocycles. The second kappa shape index (κ2) is 7.27. The average Bonchev–Trinajstić information content (AvgIpc) is 3.17. The molecule has 0 bridgehead atoms. The summed E-state index contributed by atoms with van der Waals surface area (Å²) in [4.78, 5) is 26.1. The smallest absolute Gasteiger partial charge is 0.265 e. The first-order valence-electron chi connectivity index (χ1n) is 8.84. The van der Waals surface area contributed by atoms with Gasteiger partial charge in [0.05, 0.1) is 25.4 Å². The van der Waals surface area contributed by atoms with Gasteiger partial charge in [0.25, 0.3) is 5.91 Å². The Balaban J connectivity index is 1.72. The highest BCUT2D eigenvalue weighted by Crippen LogP contribution is 2.43. The van der Waals surface area contributed by atoms with Crippen LogP contribution in [0.5, 0.6) is 17.2 Å². The van der Waals surface area contributed by atoms with Gasteiger partial charge in [0.2, 0.25) is 0 Å². The number of aromatic nitrogens is 3. The van der Waals surface area contributed by atoms with E-state index in [1.165, 1.54) is 23.6 Å². The van der Waals surface area contributed by atoms with Gasteiger partial charge in [-0.15, -0.1) is 5.10 Å². The summed E-state index contributed by atoms with van der Waals surface area (Å²) >= 11 is 0. The molecule has 0 fully saturated rings. The molecule has 148 valence electrons. The van der Waals surface area contributed by atoms with Crippen LogP contribution in [0.25, 0.3) is 5.69 Å². The standard InChI is InChI=1S/C20H18N4O5/c1-12(25)14-7-8-17(28-2)19-20(14)29-11-18(27)23(19)9-13-10-24(22-21-13)15-5-3-4-6-16(15)26/h3-8,10,26H,9,11H2,1-2H3. The number of carbonyl (C=O) groups is 2. The van der Waals surface area contributed by atoms with E-state index in [0.29, 0.717) is 34.1 Å². The molecule has 9 heteroatoms. The topological polar surface area (TPSA) is 107 Å². The molecule has 1 N–H and O–H groups in total. The second-order valence-corrected chi connectivity index (χ2v) is 6.46. The van der Waals surface area contributed by atoms with E-state index >= 15 is 0 Å². The number of amides is 1. The van der Waals surface area contributed by atoms with Gasteiger partial charge in [-0.05, 0) is 31.2 Å². The summed E-state index contributed by atoms with van der Waals surface area (Å²) in [7, 11) is 1.48. The van der Waals surface area contributed by atoms with Gasteiger partial charge in [-0.1, -0.05) is 17.3 Å². The van der Waals surface area contributed by atoms with Crippen molar-refractivity contribution in [3.8, 4) is 22.9 Å². The van der Waals surface area contributed by atoms with Crippen LogP contribution in [0.15, 0.2) is 42.6 Å². The number of hydrogen-bond acceptors (Lipinski definition) is 7. The molecule has 0 spiro atoms. The summed E-state index contributed by atoms with van der Waals surface area (Å²) in [6.45, 7) is 1.33. The Morgan fingerprint density at radius 3 is 2.79 bits per heavy atom. The third-order valence-corrected chi connectivity index (χ3v) is 4.59. The first-order valence-corrected chi connectivity index (χ1v) is 8.84. The van der Waals surface area contributed by atoms with Crippen molar-refractivity contribution in [2.24, 2.45) is 0 Å². The maximum atomic E-state index is 12.6. The lowest BCUT2D eigenvalue weighted by atomic mass is 10.1. The molecule has 0 saturated carbocycles. The van der Waals surface area contributed by atoms with Crippen LogP contribution in [-0.2, 0) is 11.3 Å². The monoisotopic (exact) mass is 394 g/mol. The molecule has 29 heavy (non-hydrogen) atoms. The fourth-order valence-electron chi connectivity index (χ4n) is 3.21. The maximum Gasteiger partial charge on any atom is 0.265 e. The number of phenols is 1. The van der Waals surface area contributed by atoms with Crippen LogP contribution in [0, 0.1) is 0 Å². The van der Waals surface area contributed by atoms with Gasteiger partial charge in [0.1, 0.15) is 28.6 Å². The fraction of sp³-hybridized carbons (Fsp3) is 0.200. The summed E-state index contributed by atoms with van der Waals surface area (Å²) < 4.78 is 12.4. The van der Waals surface area contributed by atoms with Crippen LogP contribution in [0.3, 0.4) is 0 Å². The number of ketones is 1. The van der Waals surface area contributed by atoms with Gasteiger partial charge >= 0.3 is 0 Å². The number of phenolic OH excluding ortho intramolecular Hbond substituents is 1. The van der Waals surface area contributed by atoms with Gasteiger partial charge in [0.15, 0.2) is 18.1 Å². The van der Waals surface area contributed by atoms with E-state index in [4.69, 9.17) is 9.47 Å². The minimum atomic E-state index is -0.298. The predicted molar refractivity (Wildman–Crippen MR) is 103 cm³/mol. The Morgan fingerprint density at radius 1 is 1.28 bits per heavy atom. The van der Waals surface area contributed by atoms with Crippen LogP contribution < -0.4 is 14.4 Å². The molecule has 9 nitrogen and oxygen atoms in total. The summed E-state index contributed by atoms with van der Waals surface area (Å²) in [6, 6.07) is 9.97. The first-order chi connectivity index (χ1) is 14.0. The van der Waals surface area contributed by atoms with E-state index in [0.717, 1.165) is 0 Å². The highest BCUT2D eigenvalue weighted by molar-refractivity contribution is 6.05. The zero-order valence-corrected chi connectivity index (χ0v) is 15.8. The molecular formula is C20H18N4O5. The van der Waals surface area contributed by atoms with Crippen LogP contribution in [0.2, 0.25) is 0 Å². The number of anilines is 1. The fourth-order valence-corrected chi connectivity index (χ4v) is 3.21. The lowest BCUT2D eigenvalue weighted by molar-refractivity contribution is -0.121. The number of Topliss-reactive ketones (excluding diaryl/α,β-unsaturated/α-hetero) is 1. The Morgan fingerprint density at radius 2 is 2.07 bits per heavy atom. The van der Waals surface area contributed by atoms with Crippen molar-refractivity contribution in [1.29, 1.82) is 0 Å². The third-order valence-electron chi connectivity index (χ3n) is 4.59. The van der Waals surface area contributed by atoms with Gasteiger partial charge in [-0.3, -0.25) is 14.5 Å². The normalized spacial score (nSPS) is 13.0. The second-order valence-electron chi connectivity index (χ2n) is 6.46. The Bertz CT molecular complexity index is 1110. The number of rotatable bonds is 5. The van der Waals surface area contributed by atoms with Gasteiger partial charge in [-0.25, -0.2) is 4.68 Å². The minimum absolute atomic E-state index is 0.0597. The summed E-state index contributed by atoms with van der Waals surface area (Å²) in [5.74, 6) is 0.303. The quantitative estimate of drug-likeness (QED) is 0.661. The Hall–Kier alpha value is -3.88. The number of aromatic hydroxyl groups is 1. The van der Waals surface area contributed by atoms with Crippen LogP contribution >= 0.6 is 0 Å². The van der Waals surface area contributed by atoms with Crippen LogP contribution in [0.1, 0.15) is 23.0 Å². The van der Waals surface area contributed by atoms with Crippen molar-refractivity contribution in [3.05, 3.63) is 53.9 Å². The molecule has 0 saturated heterocycles. The minimum Gasteiger partial charge on any atom is -0.506 e. The molecule has 0 radical (unpaired) electrons. The van der Waals surface area contributed by atoms with E-state index < -0.39 is 0 Å². The molecule has 0 atom stereocenters. The number of ether oxygens (including phenoxy) is 2. The number of methoxy groups -OCH3 is 1. The predicted octanol–water partition coefficient (Wildman–Crippen LogP) is 2.11. The van der Waals surface area contributed by atoms with Crippen molar-refractivity contribution in [2.75, 3.05) is 18.6 Å². The third kappa shape index (κ3) is 3.27. The van der Waals surface area contributed by atoms with Crippen molar-refractivity contribution < 1.29 is 24.2 Å². The van der Waals surface area contributed by atoms with Crippen LogP contribution in [0.4, 0.5) is 5.69 Å². The van der Waals surface area contributed by atoms with Crippen molar-refractivity contribution in [3.63, 3.8) is 0 Å². The molecule has 3 aromatic rings. The molecule has 2 heterocycles. The lowest BCUT2D eigenvalue weighted by Crippen LogP contribution is -2.39. The zero-order chi connectivity index (χ0) is 20.5. The van der Waals surface area contributed by atoms with E-state index in [2.05, 4.69) is 10.3 Å². The number of benzene rings is 2. The summed E-state index contributed by atoms with van der Waals surface area (Å²) in [6.07, 6.45) is 1.62. The largest absolute Gasteiger partial charge is 0.506 e. The molecule has 4 rings (SSSR count). The summed E-state index contributed by atoms with van der Waals surface area (Å²) in [5.41, 5.74) is 1.71. The number of nitrogens with zero attached hydrogens (tertiary/aromatic N) is 4. The highest BCUT2D eigenvalue weighted by Gasteiger charge is 2.32. The SMILES string of the molecule is COc1ccc(C(C)=O)c2c1N(Cc1cn(-c3ccccc3O)nn1)C(=O)CO2. The van der Waals surface area contributed by atoms with Gasteiger partial charge in [-0.2, -0.15) is 0 Å². The molecule has 1 aliphatic rings. The van der Waals surface area contributed by atoms with Gasteiger partial charge < -0.3 is 14.6 Å². The molecule has 1 aliphatic heterocycles. The average molecular weight is 394 g/mol. The first kappa shape index (κ1) is 18.5.